The number of benzene rings is 1. The van der Waals surface area contributed by atoms with Gasteiger partial charge >= 0.3 is 0 Å². The molecule has 17 heavy (non-hydrogen) atoms. The van der Waals surface area contributed by atoms with E-state index in [2.05, 4.69) is 19.1 Å². The minimum Gasteiger partial charge on any atom is -0.490 e. The maximum Gasteiger partial charge on any atom is 0.161 e. The van der Waals surface area contributed by atoms with E-state index in [1.807, 2.05) is 19.9 Å². The molecule has 1 aromatic carbocycles. The van der Waals surface area contributed by atoms with E-state index in [0.29, 0.717) is 25.7 Å². The molecule has 0 radical (unpaired) electrons. The first-order valence-corrected chi connectivity index (χ1v) is 6.36. The van der Waals surface area contributed by atoms with Crippen LogP contribution in [0, 0.1) is 0 Å². The Morgan fingerprint density at radius 1 is 1.06 bits per heavy atom. The first kappa shape index (κ1) is 13.8. The Morgan fingerprint density at radius 2 is 1.71 bits per heavy atom. The third kappa shape index (κ3) is 3.63. The lowest BCUT2D eigenvalue weighted by atomic mass is 9.96. The summed E-state index contributed by atoms with van der Waals surface area (Å²) >= 11 is 0. The molecule has 0 aliphatic carbocycles. The van der Waals surface area contributed by atoms with Crippen molar-refractivity contribution in [2.24, 2.45) is 5.73 Å². The summed E-state index contributed by atoms with van der Waals surface area (Å²) < 4.78 is 11.1. The van der Waals surface area contributed by atoms with Crippen LogP contribution in [0.1, 0.15) is 38.7 Å². The summed E-state index contributed by atoms with van der Waals surface area (Å²) in [6.07, 6.45) is 1.04. The molecule has 0 aromatic heterocycles. The lowest BCUT2D eigenvalue weighted by Gasteiger charge is -2.16. The summed E-state index contributed by atoms with van der Waals surface area (Å²) in [5, 5.41) is 0. The molecule has 0 saturated carbocycles. The van der Waals surface area contributed by atoms with Crippen LogP contribution in [0.4, 0.5) is 0 Å². The lowest BCUT2D eigenvalue weighted by Crippen LogP contribution is -2.11. The van der Waals surface area contributed by atoms with Gasteiger partial charge in [0, 0.05) is 0 Å². The fourth-order valence-electron chi connectivity index (χ4n) is 1.86. The van der Waals surface area contributed by atoms with Crippen LogP contribution in [-0.4, -0.2) is 19.8 Å². The van der Waals surface area contributed by atoms with E-state index in [0.717, 1.165) is 17.9 Å². The van der Waals surface area contributed by atoms with Gasteiger partial charge in [0.1, 0.15) is 0 Å². The molecule has 3 nitrogen and oxygen atoms in total. The van der Waals surface area contributed by atoms with Crippen molar-refractivity contribution < 1.29 is 9.47 Å². The van der Waals surface area contributed by atoms with Crippen LogP contribution in [0.3, 0.4) is 0 Å². The largest absolute Gasteiger partial charge is 0.490 e. The summed E-state index contributed by atoms with van der Waals surface area (Å²) in [6, 6.07) is 6.10. The number of rotatable bonds is 7. The van der Waals surface area contributed by atoms with Crippen molar-refractivity contribution in [2.45, 2.75) is 33.1 Å². The molecule has 0 amide bonds. The minimum atomic E-state index is 0.393. The van der Waals surface area contributed by atoms with E-state index < -0.39 is 0 Å². The SMILES string of the molecule is CCOc1ccc(C(CC)CN)cc1OCC. The highest BCUT2D eigenvalue weighted by Crippen LogP contribution is 2.31. The van der Waals surface area contributed by atoms with Gasteiger partial charge < -0.3 is 15.2 Å². The number of ether oxygens (including phenoxy) is 2. The van der Waals surface area contributed by atoms with Gasteiger partial charge in [-0.1, -0.05) is 13.0 Å². The molecule has 0 fully saturated rings. The molecule has 0 heterocycles. The van der Waals surface area contributed by atoms with Gasteiger partial charge in [0.15, 0.2) is 11.5 Å². The molecule has 0 aliphatic rings. The van der Waals surface area contributed by atoms with Crippen LogP contribution >= 0.6 is 0 Å². The van der Waals surface area contributed by atoms with Gasteiger partial charge in [0.2, 0.25) is 0 Å². The minimum absolute atomic E-state index is 0.393. The summed E-state index contributed by atoms with van der Waals surface area (Å²) in [6.45, 7) is 8.04. The fraction of sp³-hybridized carbons (Fsp3) is 0.571. The average Bonchev–Trinajstić information content (AvgIpc) is 2.34. The fourth-order valence-corrected chi connectivity index (χ4v) is 1.86. The van der Waals surface area contributed by atoms with Gasteiger partial charge in [0.05, 0.1) is 13.2 Å². The monoisotopic (exact) mass is 237 g/mol. The second-order valence-corrected chi connectivity index (χ2v) is 3.91. The van der Waals surface area contributed by atoms with Crippen LogP contribution in [0.2, 0.25) is 0 Å². The van der Waals surface area contributed by atoms with Gasteiger partial charge in [-0.15, -0.1) is 0 Å². The molecular formula is C14H23NO2. The van der Waals surface area contributed by atoms with Crippen molar-refractivity contribution in [3.8, 4) is 11.5 Å². The zero-order valence-corrected chi connectivity index (χ0v) is 11.0. The van der Waals surface area contributed by atoms with Crippen LogP contribution in [0.5, 0.6) is 11.5 Å². The highest BCUT2D eigenvalue weighted by molar-refractivity contribution is 5.44. The molecule has 1 atom stereocenters. The standard InChI is InChI=1S/C14H23NO2/c1-4-11(10-15)12-7-8-13(16-5-2)14(9-12)17-6-3/h7-9,11H,4-6,10,15H2,1-3H3. The van der Waals surface area contributed by atoms with Crippen molar-refractivity contribution in [1.29, 1.82) is 0 Å². The lowest BCUT2D eigenvalue weighted by molar-refractivity contribution is 0.287. The Labute approximate surface area is 104 Å². The topological polar surface area (TPSA) is 44.5 Å². The van der Waals surface area contributed by atoms with Crippen LogP contribution in [0.25, 0.3) is 0 Å². The number of hydrogen-bond acceptors (Lipinski definition) is 3. The highest BCUT2D eigenvalue weighted by Gasteiger charge is 2.11. The average molecular weight is 237 g/mol. The molecule has 0 spiro atoms. The second kappa shape index (κ2) is 7.17. The van der Waals surface area contributed by atoms with Gasteiger partial charge in [0.25, 0.3) is 0 Å². The summed E-state index contributed by atoms with van der Waals surface area (Å²) in [5.41, 5.74) is 6.99. The predicted molar refractivity (Wildman–Crippen MR) is 70.9 cm³/mol. The van der Waals surface area contributed by atoms with Gasteiger partial charge in [-0.25, -0.2) is 0 Å². The second-order valence-electron chi connectivity index (χ2n) is 3.91. The highest BCUT2D eigenvalue weighted by atomic mass is 16.5. The van der Waals surface area contributed by atoms with Crippen LogP contribution < -0.4 is 15.2 Å². The van der Waals surface area contributed by atoms with E-state index in [1.54, 1.807) is 0 Å². The molecule has 1 rings (SSSR count). The zero-order valence-electron chi connectivity index (χ0n) is 11.0. The summed E-state index contributed by atoms with van der Waals surface area (Å²) in [7, 11) is 0. The van der Waals surface area contributed by atoms with Gasteiger partial charge in [-0.2, -0.15) is 0 Å². The quantitative estimate of drug-likeness (QED) is 0.793. The van der Waals surface area contributed by atoms with E-state index in [9.17, 15) is 0 Å². The van der Waals surface area contributed by atoms with Crippen LogP contribution in [0.15, 0.2) is 18.2 Å². The van der Waals surface area contributed by atoms with E-state index in [4.69, 9.17) is 15.2 Å². The van der Waals surface area contributed by atoms with Crippen molar-refractivity contribution in [1.82, 2.24) is 0 Å². The first-order chi connectivity index (χ1) is 8.26. The van der Waals surface area contributed by atoms with E-state index in [1.165, 1.54) is 5.56 Å². The summed E-state index contributed by atoms with van der Waals surface area (Å²) in [4.78, 5) is 0. The Balaban J connectivity index is 2.99. The summed E-state index contributed by atoms with van der Waals surface area (Å²) in [5.74, 6) is 2.02. The van der Waals surface area contributed by atoms with Gasteiger partial charge in [-0.3, -0.25) is 0 Å². The number of nitrogens with two attached hydrogens (primary N) is 1. The molecule has 1 unspecified atom stereocenters. The Bertz CT molecular complexity index is 335. The molecule has 0 aliphatic heterocycles. The first-order valence-electron chi connectivity index (χ1n) is 6.36. The molecule has 96 valence electrons. The predicted octanol–water partition coefficient (Wildman–Crippen LogP) is 2.94. The maximum absolute atomic E-state index is 5.76. The number of hydrogen-bond donors (Lipinski definition) is 1. The van der Waals surface area contributed by atoms with Crippen LogP contribution in [-0.2, 0) is 0 Å². The molecule has 3 heteroatoms. The van der Waals surface area contributed by atoms with Crippen molar-refractivity contribution in [3.63, 3.8) is 0 Å². The molecular weight excluding hydrogens is 214 g/mol. The zero-order chi connectivity index (χ0) is 12.7. The Kier molecular flexibility index (Phi) is 5.84. The maximum atomic E-state index is 5.76. The molecule has 2 N–H and O–H groups in total. The van der Waals surface area contributed by atoms with Crippen molar-refractivity contribution in [2.75, 3.05) is 19.8 Å². The smallest absolute Gasteiger partial charge is 0.161 e. The van der Waals surface area contributed by atoms with E-state index >= 15 is 0 Å². The molecule has 1 aromatic rings. The third-order valence-corrected chi connectivity index (χ3v) is 2.82. The van der Waals surface area contributed by atoms with E-state index in [-0.39, 0.29) is 0 Å². The molecule has 0 saturated heterocycles. The molecule has 0 bridgehead atoms. The third-order valence-electron chi connectivity index (χ3n) is 2.82. The Hall–Kier alpha value is -1.22. The van der Waals surface area contributed by atoms with Crippen molar-refractivity contribution in [3.05, 3.63) is 23.8 Å². The Morgan fingerprint density at radius 3 is 2.24 bits per heavy atom. The normalized spacial score (nSPS) is 12.2. The van der Waals surface area contributed by atoms with Crippen molar-refractivity contribution >= 4 is 0 Å². The van der Waals surface area contributed by atoms with Gasteiger partial charge in [-0.05, 0) is 50.4 Å².